The minimum Gasteiger partial charge on any atom is -0.298 e. The van der Waals surface area contributed by atoms with Crippen LogP contribution in [0.5, 0.6) is 0 Å². The van der Waals surface area contributed by atoms with Gasteiger partial charge in [0.05, 0.1) is 10.2 Å². The van der Waals surface area contributed by atoms with Gasteiger partial charge < -0.3 is 0 Å². The van der Waals surface area contributed by atoms with Gasteiger partial charge in [-0.05, 0) is 43.5 Å². The number of thiazole rings is 1. The Hall–Kier alpha value is -2.20. The van der Waals surface area contributed by atoms with Crippen molar-refractivity contribution in [3.63, 3.8) is 0 Å². The van der Waals surface area contributed by atoms with Gasteiger partial charge in [-0.2, -0.15) is 0 Å². The summed E-state index contributed by atoms with van der Waals surface area (Å²) in [6.07, 6.45) is 0.936. The highest BCUT2D eigenvalue weighted by atomic mass is 32.1. The zero-order valence-corrected chi connectivity index (χ0v) is 13.8. The third-order valence-corrected chi connectivity index (χ3v) is 4.68. The minimum atomic E-state index is -0.0988. The second-order valence-electron chi connectivity index (χ2n) is 5.41. The van der Waals surface area contributed by atoms with E-state index in [2.05, 4.69) is 23.3 Å². The summed E-state index contributed by atoms with van der Waals surface area (Å²) in [4.78, 5) is 17.1. The van der Waals surface area contributed by atoms with Gasteiger partial charge in [0.2, 0.25) is 0 Å². The third kappa shape index (κ3) is 2.74. The average molecular weight is 310 g/mol. The number of aromatic nitrogens is 1. The van der Waals surface area contributed by atoms with Crippen LogP contribution < -0.4 is 5.32 Å². The monoisotopic (exact) mass is 310 g/mol. The maximum Gasteiger partial charge on any atom is 0.257 e. The molecule has 0 spiro atoms. The van der Waals surface area contributed by atoms with Crippen molar-refractivity contribution in [2.45, 2.75) is 27.2 Å². The lowest BCUT2D eigenvalue weighted by atomic mass is 10.1. The van der Waals surface area contributed by atoms with Gasteiger partial charge in [-0.3, -0.25) is 10.1 Å². The van der Waals surface area contributed by atoms with Crippen LogP contribution in [0.1, 0.15) is 34.0 Å². The summed E-state index contributed by atoms with van der Waals surface area (Å²) < 4.78 is 1.11. The number of amides is 1. The molecule has 3 nitrogen and oxygen atoms in total. The molecule has 0 unspecified atom stereocenters. The number of para-hydroxylation sites is 1. The molecule has 0 saturated heterocycles. The molecule has 0 fully saturated rings. The summed E-state index contributed by atoms with van der Waals surface area (Å²) in [6.45, 7) is 6.05. The standard InChI is InChI=1S/C18H18N2OS/c1-4-13-6-5-7-15-16(13)19-18(22-15)20-17(21)14-10-11(2)8-9-12(14)3/h5-10H,4H2,1-3H3,(H,19,20,21). The molecule has 112 valence electrons. The van der Waals surface area contributed by atoms with Gasteiger partial charge >= 0.3 is 0 Å². The Labute approximate surface area is 134 Å². The van der Waals surface area contributed by atoms with Crippen molar-refractivity contribution < 1.29 is 4.79 Å². The number of benzene rings is 2. The Kier molecular flexibility index (Phi) is 3.94. The van der Waals surface area contributed by atoms with Crippen LogP contribution in [-0.4, -0.2) is 10.9 Å². The third-order valence-electron chi connectivity index (χ3n) is 3.74. The van der Waals surface area contributed by atoms with Crippen molar-refractivity contribution in [3.05, 3.63) is 58.7 Å². The van der Waals surface area contributed by atoms with Crippen LogP contribution in [0.4, 0.5) is 5.13 Å². The number of nitrogens with zero attached hydrogens (tertiary/aromatic N) is 1. The summed E-state index contributed by atoms with van der Waals surface area (Å²) in [5.41, 5.74) is 4.95. The Morgan fingerprint density at radius 2 is 2.05 bits per heavy atom. The molecule has 0 bridgehead atoms. The van der Waals surface area contributed by atoms with E-state index >= 15 is 0 Å². The molecule has 22 heavy (non-hydrogen) atoms. The van der Waals surface area contributed by atoms with Crippen LogP contribution in [0, 0.1) is 13.8 Å². The van der Waals surface area contributed by atoms with E-state index in [9.17, 15) is 4.79 Å². The number of aryl methyl sites for hydroxylation is 3. The molecular formula is C18H18N2OS. The van der Waals surface area contributed by atoms with E-state index < -0.39 is 0 Å². The summed E-state index contributed by atoms with van der Waals surface area (Å²) in [5.74, 6) is -0.0988. The Morgan fingerprint density at radius 1 is 1.23 bits per heavy atom. The van der Waals surface area contributed by atoms with E-state index in [-0.39, 0.29) is 5.91 Å². The molecule has 0 atom stereocenters. The van der Waals surface area contributed by atoms with Crippen LogP contribution in [0.2, 0.25) is 0 Å². The molecule has 1 amide bonds. The van der Waals surface area contributed by atoms with Gasteiger partial charge in [0.15, 0.2) is 5.13 Å². The van der Waals surface area contributed by atoms with E-state index in [0.717, 1.165) is 27.8 Å². The molecule has 1 heterocycles. The molecule has 2 aromatic carbocycles. The van der Waals surface area contributed by atoms with Gasteiger partial charge in [-0.1, -0.05) is 48.1 Å². The van der Waals surface area contributed by atoms with Gasteiger partial charge in [-0.25, -0.2) is 4.98 Å². The Morgan fingerprint density at radius 3 is 2.82 bits per heavy atom. The van der Waals surface area contributed by atoms with Crippen molar-refractivity contribution in [1.82, 2.24) is 4.98 Å². The first kappa shape index (κ1) is 14.7. The number of nitrogens with one attached hydrogen (secondary N) is 1. The predicted molar refractivity (Wildman–Crippen MR) is 92.9 cm³/mol. The van der Waals surface area contributed by atoms with E-state index in [0.29, 0.717) is 10.7 Å². The molecule has 0 saturated carbocycles. The second kappa shape index (κ2) is 5.89. The topological polar surface area (TPSA) is 42.0 Å². The lowest BCUT2D eigenvalue weighted by molar-refractivity contribution is 0.102. The van der Waals surface area contributed by atoms with Crippen molar-refractivity contribution in [3.8, 4) is 0 Å². The molecule has 3 aromatic rings. The first-order chi connectivity index (χ1) is 10.6. The first-order valence-corrected chi connectivity index (χ1v) is 8.17. The molecule has 0 radical (unpaired) electrons. The first-order valence-electron chi connectivity index (χ1n) is 7.35. The smallest absolute Gasteiger partial charge is 0.257 e. The molecule has 4 heteroatoms. The van der Waals surface area contributed by atoms with Crippen molar-refractivity contribution in [2.75, 3.05) is 5.32 Å². The molecule has 1 aromatic heterocycles. The number of anilines is 1. The fourth-order valence-corrected chi connectivity index (χ4v) is 3.40. The number of carbonyl (C=O) groups is 1. The normalized spacial score (nSPS) is 10.9. The highest BCUT2D eigenvalue weighted by Crippen LogP contribution is 2.29. The fraction of sp³-hybridized carbons (Fsp3) is 0.222. The summed E-state index contributed by atoms with van der Waals surface area (Å²) in [6, 6.07) is 12.1. The molecule has 3 rings (SSSR count). The Bertz CT molecular complexity index is 851. The van der Waals surface area contributed by atoms with E-state index in [4.69, 9.17) is 0 Å². The maximum absolute atomic E-state index is 12.5. The van der Waals surface area contributed by atoms with Crippen LogP contribution in [0.3, 0.4) is 0 Å². The van der Waals surface area contributed by atoms with Crippen LogP contribution in [-0.2, 0) is 6.42 Å². The van der Waals surface area contributed by atoms with Crippen molar-refractivity contribution >= 4 is 32.6 Å². The van der Waals surface area contributed by atoms with Crippen molar-refractivity contribution in [1.29, 1.82) is 0 Å². The molecule has 0 aliphatic carbocycles. The largest absolute Gasteiger partial charge is 0.298 e. The summed E-state index contributed by atoms with van der Waals surface area (Å²) in [5, 5.41) is 3.59. The highest BCUT2D eigenvalue weighted by Gasteiger charge is 2.13. The van der Waals surface area contributed by atoms with Crippen LogP contribution in [0.15, 0.2) is 36.4 Å². The Balaban J connectivity index is 1.93. The van der Waals surface area contributed by atoms with Gasteiger partial charge in [-0.15, -0.1) is 0 Å². The van der Waals surface area contributed by atoms with Gasteiger partial charge in [0, 0.05) is 5.56 Å². The van der Waals surface area contributed by atoms with Gasteiger partial charge in [0.1, 0.15) is 0 Å². The highest BCUT2D eigenvalue weighted by molar-refractivity contribution is 7.22. The van der Waals surface area contributed by atoms with E-state index in [1.165, 1.54) is 16.9 Å². The molecular weight excluding hydrogens is 292 g/mol. The minimum absolute atomic E-state index is 0.0988. The summed E-state index contributed by atoms with van der Waals surface area (Å²) >= 11 is 1.52. The zero-order chi connectivity index (χ0) is 15.7. The quantitative estimate of drug-likeness (QED) is 0.760. The fourth-order valence-electron chi connectivity index (χ4n) is 2.49. The number of hydrogen-bond donors (Lipinski definition) is 1. The van der Waals surface area contributed by atoms with Crippen molar-refractivity contribution in [2.24, 2.45) is 0 Å². The SMILES string of the molecule is CCc1cccc2sc(NC(=O)c3cc(C)ccc3C)nc12. The van der Waals surface area contributed by atoms with E-state index in [1.807, 2.05) is 44.2 Å². The number of rotatable bonds is 3. The number of hydrogen-bond acceptors (Lipinski definition) is 3. The zero-order valence-electron chi connectivity index (χ0n) is 12.9. The van der Waals surface area contributed by atoms with E-state index in [1.54, 1.807) is 0 Å². The maximum atomic E-state index is 12.5. The lowest BCUT2D eigenvalue weighted by Gasteiger charge is -2.06. The lowest BCUT2D eigenvalue weighted by Crippen LogP contribution is -2.13. The number of carbonyl (C=O) groups excluding carboxylic acids is 1. The van der Waals surface area contributed by atoms with Crippen LogP contribution in [0.25, 0.3) is 10.2 Å². The van der Waals surface area contributed by atoms with Gasteiger partial charge in [0.25, 0.3) is 5.91 Å². The predicted octanol–water partition coefficient (Wildman–Crippen LogP) is 4.73. The number of fused-ring (bicyclic) bond motifs is 1. The van der Waals surface area contributed by atoms with Crippen LogP contribution >= 0.6 is 11.3 Å². The molecule has 0 aliphatic rings. The second-order valence-corrected chi connectivity index (χ2v) is 6.44. The molecule has 0 aliphatic heterocycles. The average Bonchev–Trinajstić information content (AvgIpc) is 2.91. The molecule has 1 N–H and O–H groups in total. The summed E-state index contributed by atoms with van der Waals surface area (Å²) in [7, 11) is 0.